The van der Waals surface area contributed by atoms with E-state index in [4.69, 9.17) is 63.4 Å². The predicted octanol–water partition coefficient (Wildman–Crippen LogP) is 11.9. The number of rotatable bonds is 16. The van der Waals surface area contributed by atoms with Crippen molar-refractivity contribution in [2.75, 3.05) is 20.3 Å². The van der Waals surface area contributed by atoms with Crippen LogP contribution in [0.2, 0.25) is 16.6 Å². The Balaban J connectivity index is 1.12. The van der Waals surface area contributed by atoms with Gasteiger partial charge in [-0.15, -0.1) is 0 Å². The van der Waals surface area contributed by atoms with Crippen LogP contribution in [-0.4, -0.2) is 102 Å². The third-order valence-corrected chi connectivity index (χ3v) is 21.9. The number of fused-ring (bicyclic) bond motifs is 3. The van der Waals surface area contributed by atoms with Crippen LogP contribution in [0.1, 0.15) is 126 Å². The fourth-order valence-electron chi connectivity index (χ4n) is 12.4. The van der Waals surface area contributed by atoms with Crippen molar-refractivity contribution >= 4 is 19.1 Å². The first-order valence-corrected chi connectivity index (χ1v) is 28.3. The molecule has 71 heavy (non-hydrogen) atoms. The van der Waals surface area contributed by atoms with Gasteiger partial charge in [0.15, 0.2) is 17.9 Å². The predicted molar refractivity (Wildman–Crippen MR) is 273 cm³/mol. The Kier molecular flexibility index (Phi) is 13.4. The van der Waals surface area contributed by atoms with E-state index in [9.17, 15) is 2.74 Å². The van der Waals surface area contributed by atoms with E-state index in [0.717, 1.165) is 67.7 Å². The largest absolute Gasteiger partial charge is 0.497 e. The van der Waals surface area contributed by atoms with Crippen molar-refractivity contribution in [3.8, 4) is 11.5 Å². The molecule has 386 valence electrons. The molecule has 4 aromatic carbocycles. The van der Waals surface area contributed by atoms with Crippen molar-refractivity contribution < 1.29 is 66.1 Å². The number of hydrogen-bond acceptors (Lipinski definition) is 12. The summed E-state index contributed by atoms with van der Waals surface area (Å²) >= 11 is 0. The Morgan fingerprint density at radius 1 is 0.620 bits per heavy atom. The van der Waals surface area contributed by atoms with Gasteiger partial charge in [0.05, 0.1) is 43.1 Å². The SMILES string of the molecule is [2H]c1c([2H])c([2H])c(C([2H])([2H])O[C@H]2[C@H](Oc3ccc(OC)cc3)O[C@@H]3COC4(CCCCC4)O[C@H]3[C@@H]2O[C@H]2O[C@@H]3COC4(CCCCC4)O[C@H]3[C@H](OCc3ccc4ccccc4c3)[C@H]2O[Si](C(C)C)(C(C)C)C(C)C)c([2H])c1[2H]. The third-order valence-electron chi connectivity index (χ3n) is 15.8. The summed E-state index contributed by atoms with van der Waals surface area (Å²) < 4.78 is 146. The molecule has 0 amide bonds. The minimum atomic E-state index is -3.08. The molecule has 10 rings (SSSR count). The molecule has 0 radical (unpaired) electrons. The van der Waals surface area contributed by atoms with Crippen molar-refractivity contribution in [1.29, 1.82) is 0 Å². The van der Waals surface area contributed by atoms with Crippen LogP contribution in [0.15, 0.2) is 96.9 Å². The van der Waals surface area contributed by atoms with E-state index in [1.807, 2.05) is 12.1 Å². The van der Waals surface area contributed by atoms with E-state index in [-0.39, 0.29) is 36.4 Å². The topological polar surface area (TPSA) is 111 Å². The van der Waals surface area contributed by atoms with E-state index < -0.39 is 124 Å². The molecule has 2 aliphatic carbocycles. The highest BCUT2D eigenvalue weighted by molar-refractivity contribution is 6.77. The van der Waals surface area contributed by atoms with E-state index in [1.165, 1.54) is 0 Å². The minimum absolute atomic E-state index is 0.0667. The second kappa shape index (κ2) is 22.2. The number of ether oxygens (including phenoxy) is 11. The lowest BCUT2D eigenvalue weighted by molar-refractivity contribution is -0.428. The van der Waals surface area contributed by atoms with Crippen LogP contribution in [0.5, 0.6) is 11.5 Å². The summed E-state index contributed by atoms with van der Waals surface area (Å²) in [4.78, 5) is 0. The summed E-state index contributed by atoms with van der Waals surface area (Å²) in [5.74, 6) is -0.993. The van der Waals surface area contributed by atoms with Gasteiger partial charge in [0.2, 0.25) is 14.6 Å². The maximum absolute atomic E-state index is 9.66. The van der Waals surface area contributed by atoms with Gasteiger partial charge in [-0.3, -0.25) is 0 Å². The quantitative estimate of drug-likeness (QED) is 0.0997. The smallest absolute Gasteiger partial charge is 0.229 e. The molecular weight excluding hydrogens is 917 g/mol. The van der Waals surface area contributed by atoms with Crippen LogP contribution in [-0.2, 0) is 60.2 Å². The molecule has 10 atom stereocenters. The van der Waals surface area contributed by atoms with Crippen LogP contribution >= 0.6 is 0 Å². The summed E-state index contributed by atoms with van der Waals surface area (Å²) in [6, 6.07) is 17.7. The first-order chi connectivity index (χ1) is 37.3. The van der Waals surface area contributed by atoms with E-state index in [1.54, 1.807) is 31.4 Å². The van der Waals surface area contributed by atoms with Crippen molar-refractivity contribution in [2.45, 2.75) is 209 Å². The molecule has 2 saturated carbocycles. The van der Waals surface area contributed by atoms with E-state index in [2.05, 4.69) is 71.9 Å². The molecule has 4 saturated heterocycles. The summed E-state index contributed by atoms with van der Waals surface area (Å²) in [6.07, 6.45) is -2.42. The summed E-state index contributed by atoms with van der Waals surface area (Å²) in [5, 5.41) is 2.19. The lowest BCUT2D eigenvalue weighted by Crippen LogP contribution is -2.72. The van der Waals surface area contributed by atoms with Crippen LogP contribution in [0.3, 0.4) is 0 Å². The maximum Gasteiger partial charge on any atom is 0.229 e. The number of hydrogen-bond donors (Lipinski definition) is 0. The highest BCUT2D eigenvalue weighted by atomic mass is 28.4. The van der Waals surface area contributed by atoms with Crippen LogP contribution in [0, 0.1) is 0 Å². The molecule has 4 aromatic rings. The van der Waals surface area contributed by atoms with Gasteiger partial charge in [0, 0.05) is 25.7 Å². The highest BCUT2D eigenvalue weighted by Crippen LogP contribution is 2.49. The Labute approximate surface area is 432 Å². The first-order valence-electron chi connectivity index (χ1n) is 29.7. The standard InChI is InChI=1S/C58H78O12Si/c1-38(2)71(39(3)4,40(5)6)70-54-51(60-35-42-23-24-43-21-13-14-22-44(43)33-42)49-47(36-62-57(68-49)29-15-9-16-30-57)66-56(54)67-52-50-48(37-63-58(69-50)31-17-10-18-32-58)65-55(64-46-27-25-45(59-7)26-28-46)53(52)61-34-41-19-11-8-12-20-41/h8,11-14,19-28,33,38-40,47-56H,9-10,15-18,29-32,34-37H2,1-7H3/t47-,48-,49-,50-,51+,52+,53-,54-,55-,56-/m1/s1/i8D,11D,12D,19D,20D,34D2. The average molecular weight is 1000 g/mol. The third kappa shape index (κ3) is 10.9. The van der Waals surface area contributed by atoms with Gasteiger partial charge in [-0.25, -0.2) is 0 Å². The second-order valence-electron chi connectivity index (χ2n) is 21.3. The Morgan fingerprint density at radius 2 is 1.20 bits per heavy atom. The van der Waals surface area contributed by atoms with Gasteiger partial charge in [0.1, 0.15) is 60.3 Å². The summed E-state index contributed by atoms with van der Waals surface area (Å²) in [7, 11) is -1.35. The monoisotopic (exact) mass is 1000 g/mol. The molecule has 4 heterocycles. The van der Waals surface area contributed by atoms with Crippen LogP contribution < -0.4 is 9.47 Å². The number of benzene rings is 4. The van der Waals surface area contributed by atoms with Gasteiger partial charge in [-0.1, -0.05) is 121 Å². The normalized spacial score (nSPS) is 32.3. The van der Waals surface area contributed by atoms with Crippen LogP contribution in [0.4, 0.5) is 0 Å². The van der Waals surface area contributed by atoms with Gasteiger partial charge in [-0.05, 0) is 94.5 Å². The summed E-state index contributed by atoms with van der Waals surface area (Å²) in [6.45, 7) is 10.7. The molecule has 0 bridgehead atoms. The molecule has 6 aliphatic rings. The molecule has 2 spiro atoms. The summed E-state index contributed by atoms with van der Waals surface area (Å²) in [5.41, 5.74) is 0.575. The zero-order valence-electron chi connectivity index (χ0n) is 49.4. The van der Waals surface area contributed by atoms with Crippen molar-refractivity contribution in [2.24, 2.45) is 0 Å². The van der Waals surface area contributed by atoms with Gasteiger partial charge < -0.3 is 56.5 Å². The molecule has 13 heteroatoms. The first kappa shape index (κ1) is 42.9. The number of methoxy groups -OCH3 is 1. The van der Waals surface area contributed by atoms with Gasteiger partial charge in [0.25, 0.3) is 0 Å². The lowest BCUT2D eigenvalue weighted by Gasteiger charge is -2.57. The molecule has 6 fully saturated rings. The Hall–Kier alpha value is -3.44. The zero-order chi connectivity index (χ0) is 55.3. The Bertz CT molecular complexity index is 2650. The highest BCUT2D eigenvalue weighted by Gasteiger charge is 2.62. The van der Waals surface area contributed by atoms with E-state index in [0.29, 0.717) is 24.3 Å². The average Bonchev–Trinajstić information content (AvgIpc) is 3.56. The fourth-order valence-corrected chi connectivity index (χ4v) is 17.9. The van der Waals surface area contributed by atoms with Crippen molar-refractivity contribution in [3.63, 3.8) is 0 Å². The maximum atomic E-state index is 9.66. The molecule has 0 aromatic heterocycles. The molecule has 4 aliphatic heterocycles. The van der Waals surface area contributed by atoms with Crippen LogP contribution in [0.25, 0.3) is 10.8 Å². The van der Waals surface area contributed by atoms with Crippen molar-refractivity contribution in [1.82, 2.24) is 0 Å². The zero-order valence-corrected chi connectivity index (χ0v) is 43.4. The van der Waals surface area contributed by atoms with E-state index >= 15 is 0 Å². The molecule has 12 nitrogen and oxygen atoms in total. The van der Waals surface area contributed by atoms with Crippen molar-refractivity contribution in [3.05, 3.63) is 108 Å². The Morgan fingerprint density at radius 3 is 1.80 bits per heavy atom. The minimum Gasteiger partial charge on any atom is -0.497 e. The van der Waals surface area contributed by atoms with Gasteiger partial charge >= 0.3 is 0 Å². The molecule has 0 N–H and O–H groups in total. The molecular formula is C58H78O12Si. The second-order valence-corrected chi connectivity index (χ2v) is 26.7. The fraction of sp³-hybridized carbons (Fsp3) is 0.621. The lowest BCUT2D eigenvalue weighted by atomic mass is 9.89. The molecule has 0 unspecified atom stereocenters. The van der Waals surface area contributed by atoms with Gasteiger partial charge in [-0.2, -0.15) is 0 Å².